The van der Waals surface area contributed by atoms with E-state index in [9.17, 15) is 0 Å². The third kappa shape index (κ3) is 3.50. The predicted octanol–water partition coefficient (Wildman–Crippen LogP) is 2.99. The van der Waals surface area contributed by atoms with E-state index in [0.29, 0.717) is 5.92 Å². The summed E-state index contributed by atoms with van der Waals surface area (Å²) in [6.07, 6.45) is 2.16. The molecule has 0 aliphatic heterocycles. The highest BCUT2D eigenvalue weighted by Gasteiger charge is 2.07. The zero-order valence-electron chi connectivity index (χ0n) is 9.29. The summed E-state index contributed by atoms with van der Waals surface area (Å²) in [5.74, 6) is 1.45. The minimum absolute atomic E-state index is 0.574. The lowest BCUT2D eigenvalue weighted by molar-refractivity contribution is 0.411. The molecule has 0 saturated heterocycles. The number of halogens is 1. The van der Waals surface area contributed by atoms with Crippen LogP contribution in [0, 0.1) is 5.92 Å². The van der Waals surface area contributed by atoms with E-state index in [1.165, 1.54) is 5.56 Å². The molecular formula is C12H18BrNO. The molecule has 1 aromatic carbocycles. The van der Waals surface area contributed by atoms with Crippen molar-refractivity contribution in [3.8, 4) is 5.75 Å². The molecule has 0 spiro atoms. The van der Waals surface area contributed by atoms with E-state index < -0.39 is 0 Å². The van der Waals surface area contributed by atoms with Gasteiger partial charge in [0.15, 0.2) is 0 Å². The van der Waals surface area contributed by atoms with E-state index >= 15 is 0 Å². The SMILES string of the molecule is CCC(CN)Cc1ccc(OC)c(Br)c1. The number of hydrogen-bond donors (Lipinski definition) is 1. The zero-order valence-corrected chi connectivity index (χ0v) is 10.9. The predicted molar refractivity (Wildman–Crippen MR) is 67.2 cm³/mol. The number of methoxy groups -OCH3 is 1. The first-order chi connectivity index (χ1) is 7.21. The summed E-state index contributed by atoms with van der Waals surface area (Å²) in [6, 6.07) is 6.20. The number of hydrogen-bond acceptors (Lipinski definition) is 2. The lowest BCUT2D eigenvalue weighted by Gasteiger charge is -2.13. The van der Waals surface area contributed by atoms with Gasteiger partial charge in [0.2, 0.25) is 0 Å². The van der Waals surface area contributed by atoms with Crippen molar-refractivity contribution < 1.29 is 4.74 Å². The van der Waals surface area contributed by atoms with Crippen molar-refractivity contribution >= 4 is 15.9 Å². The molecule has 2 N–H and O–H groups in total. The first-order valence-corrected chi connectivity index (χ1v) is 6.03. The molecule has 1 rings (SSSR count). The first-order valence-electron chi connectivity index (χ1n) is 5.23. The second-order valence-corrected chi connectivity index (χ2v) is 4.54. The summed E-state index contributed by atoms with van der Waals surface area (Å²) < 4.78 is 6.19. The Bertz CT molecular complexity index is 310. The molecule has 0 amide bonds. The molecule has 3 heteroatoms. The highest BCUT2D eigenvalue weighted by molar-refractivity contribution is 9.10. The summed E-state index contributed by atoms with van der Waals surface area (Å²) >= 11 is 3.48. The van der Waals surface area contributed by atoms with Gasteiger partial charge in [0, 0.05) is 0 Å². The molecule has 0 heterocycles. The van der Waals surface area contributed by atoms with Crippen LogP contribution in [0.4, 0.5) is 0 Å². The van der Waals surface area contributed by atoms with Crippen LogP contribution in [0.15, 0.2) is 22.7 Å². The molecule has 0 bridgehead atoms. The van der Waals surface area contributed by atoms with Gasteiger partial charge in [-0.25, -0.2) is 0 Å². The van der Waals surface area contributed by atoms with Gasteiger partial charge in [0.05, 0.1) is 11.6 Å². The monoisotopic (exact) mass is 271 g/mol. The van der Waals surface area contributed by atoms with Gasteiger partial charge in [-0.1, -0.05) is 19.4 Å². The lowest BCUT2D eigenvalue weighted by atomic mass is 9.97. The van der Waals surface area contributed by atoms with Crippen molar-refractivity contribution in [1.29, 1.82) is 0 Å². The molecule has 0 fully saturated rings. The lowest BCUT2D eigenvalue weighted by Crippen LogP contribution is -2.15. The molecular weight excluding hydrogens is 254 g/mol. The fourth-order valence-corrected chi connectivity index (χ4v) is 2.15. The second kappa shape index (κ2) is 6.13. The summed E-state index contributed by atoms with van der Waals surface area (Å²) in [7, 11) is 1.68. The maximum absolute atomic E-state index is 5.69. The van der Waals surface area contributed by atoms with E-state index in [2.05, 4.69) is 35.0 Å². The van der Waals surface area contributed by atoms with Crippen LogP contribution in [0.25, 0.3) is 0 Å². The number of rotatable bonds is 5. The Labute approximate surface area is 99.9 Å². The van der Waals surface area contributed by atoms with Gasteiger partial charge < -0.3 is 10.5 Å². The van der Waals surface area contributed by atoms with Crippen LogP contribution in [0.3, 0.4) is 0 Å². The third-order valence-corrected chi connectivity index (χ3v) is 3.27. The fourth-order valence-electron chi connectivity index (χ4n) is 1.56. The standard InChI is InChI=1S/C12H18BrNO/c1-3-9(8-14)6-10-4-5-12(15-2)11(13)7-10/h4-5,7,9H,3,6,8,14H2,1-2H3. The van der Waals surface area contributed by atoms with Crippen molar-refractivity contribution in [3.05, 3.63) is 28.2 Å². The Morgan fingerprint density at radius 1 is 1.47 bits per heavy atom. The van der Waals surface area contributed by atoms with Gasteiger partial charge in [0.1, 0.15) is 5.75 Å². The van der Waals surface area contributed by atoms with Crippen molar-refractivity contribution in [3.63, 3.8) is 0 Å². The number of nitrogens with two attached hydrogens (primary N) is 1. The van der Waals surface area contributed by atoms with Crippen LogP contribution in [-0.2, 0) is 6.42 Å². The van der Waals surface area contributed by atoms with Crippen molar-refractivity contribution in [2.75, 3.05) is 13.7 Å². The van der Waals surface area contributed by atoms with Gasteiger partial charge >= 0.3 is 0 Å². The van der Waals surface area contributed by atoms with E-state index in [1.54, 1.807) is 7.11 Å². The van der Waals surface area contributed by atoms with E-state index in [4.69, 9.17) is 10.5 Å². The Morgan fingerprint density at radius 3 is 2.67 bits per heavy atom. The molecule has 0 aliphatic carbocycles. The largest absolute Gasteiger partial charge is 0.496 e. The van der Waals surface area contributed by atoms with Gasteiger partial charge in [0.25, 0.3) is 0 Å². The van der Waals surface area contributed by atoms with Gasteiger partial charge in [-0.05, 0) is 52.5 Å². The van der Waals surface area contributed by atoms with Crippen LogP contribution >= 0.6 is 15.9 Å². The van der Waals surface area contributed by atoms with Crippen molar-refractivity contribution in [2.24, 2.45) is 11.7 Å². The second-order valence-electron chi connectivity index (χ2n) is 3.68. The quantitative estimate of drug-likeness (QED) is 0.894. The normalized spacial score (nSPS) is 12.5. The van der Waals surface area contributed by atoms with Crippen LogP contribution in [0.1, 0.15) is 18.9 Å². The maximum Gasteiger partial charge on any atom is 0.133 e. The summed E-state index contributed by atoms with van der Waals surface area (Å²) in [6.45, 7) is 2.93. The molecule has 1 aromatic rings. The smallest absolute Gasteiger partial charge is 0.133 e. The molecule has 0 aliphatic rings. The van der Waals surface area contributed by atoms with Crippen molar-refractivity contribution in [2.45, 2.75) is 19.8 Å². The zero-order chi connectivity index (χ0) is 11.3. The Kier molecular flexibility index (Phi) is 5.12. The Balaban J connectivity index is 2.74. The Hall–Kier alpha value is -0.540. The minimum Gasteiger partial charge on any atom is -0.496 e. The molecule has 1 unspecified atom stereocenters. The number of benzene rings is 1. The van der Waals surface area contributed by atoms with Crippen LogP contribution < -0.4 is 10.5 Å². The van der Waals surface area contributed by atoms with Crippen molar-refractivity contribution in [1.82, 2.24) is 0 Å². The Morgan fingerprint density at radius 2 is 2.20 bits per heavy atom. The topological polar surface area (TPSA) is 35.2 Å². The molecule has 0 aromatic heterocycles. The molecule has 15 heavy (non-hydrogen) atoms. The number of ether oxygens (including phenoxy) is 1. The van der Waals surface area contributed by atoms with Gasteiger partial charge in [-0.2, -0.15) is 0 Å². The summed E-state index contributed by atoms with van der Waals surface area (Å²) in [4.78, 5) is 0. The van der Waals surface area contributed by atoms with Crippen LogP contribution in [-0.4, -0.2) is 13.7 Å². The maximum atomic E-state index is 5.69. The minimum atomic E-state index is 0.574. The van der Waals surface area contributed by atoms with Gasteiger partial charge in [-0.3, -0.25) is 0 Å². The summed E-state index contributed by atoms with van der Waals surface area (Å²) in [5.41, 5.74) is 6.99. The highest BCUT2D eigenvalue weighted by Crippen LogP contribution is 2.26. The molecule has 1 atom stereocenters. The van der Waals surface area contributed by atoms with E-state index in [-0.39, 0.29) is 0 Å². The molecule has 84 valence electrons. The van der Waals surface area contributed by atoms with E-state index in [1.807, 2.05) is 6.07 Å². The first kappa shape index (κ1) is 12.5. The van der Waals surface area contributed by atoms with E-state index in [0.717, 1.165) is 29.6 Å². The summed E-state index contributed by atoms with van der Waals surface area (Å²) in [5, 5.41) is 0. The fraction of sp³-hybridized carbons (Fsp3) is 0.500. The highest BCUT2D eigenvalue weighted by atomic mass is 79.9. The molecule has 0 saturated carbocycles. The average Bonchev–Trinajstić information content (AvgIpc) is 2.26. The van der Waals surface area contributed by atoms with Crippen LogP contribution in [0.2, 0.25) is 0 Å². The third-order valence-electron chi connectivity index (χ3n) is 2.65. The van der Waals surface area contributed by atoms with Crippen LogP contribution in [0.5, 0.6) is 5.75 Å². The molecule has 0 radical (unpaired) electrons. The molecule has 2 nitrogen and oxygen atoms in total. The average molecular weight is 272 g/mol. The van der Waals surface area contributed by atoms with Gasteiger partial charge in [-0.15, -0.1) is 0 Å².